The minimum Gasteiger partial charge on any atom is -0.375 e. The van der Waals surface area contributed by atoms with Crippen LogP contribution in [0.5, 0.6) is 0 Å². The molecule has 1 aromatic heterocycles. The van der Waals surface area contributed by atoms with Crippen molar-refractivity contribution in [2.24, 2.45) is 0 Å². The number of imidazole rings is 1. The third-order valence-corrected chi connectivity index (χ3v) is 6.76. The van der Waals surface area contributed by atoms with Crippen molar-refractivity contribution in [3.63, 3.8) is 0 Å². The number of rotatable bonds is 3. The molecule has 1 aromatic carbocycles. The molecule has 0 bridgehead atoms. The Bertz CT molecular complexity index is 1170. The van der Waals surface area contributed by atoms with Gasteiger partial charge in [0.05, 0.1) is 22.7 Å². The number of fused-ring (bicyclic) bond motifs is 3. The Morgan fingerprint density at radius 3 is 2.65 bits per heavy atom. The number of hydrogen-bond donors (Lipinski definition) is 3. The normalized spacial score (nSPS) is 26.0. The largest absolute Gasteiger partial charge is 0.375 e. The van der Waals surface area contributed by atoms with Gasteiger partial charge >= 0.3 is 0 Å². The van der Waals surface area contributed by atoms with E-state index in [1.54, 1.807) is 24.4 Å². The van der Waals surface area contributed by atoms with Gasteiger partial charge in [0.15, 0.2) is 0 Å². The summed E-state index contributed by atoms with van der Waals surface area (Å²) < 4.78 is 2.22. The Morgan fingerprint density at radius 2 is 1.90 bits per heavy atom. The number of benzene rings is 1. The Labute approximate surface area is 177 Å². The summed E-state index contributed by atoms with van der Waals surface area (Å²) in [4.78, 5) is 55.0. The summed E-state index contributed by atoms with van der Waals surface area (Å²) in [7, 11) is 0. The van der Waals surface area contributed by atoms with Gasteiger partial charge in [0.25, 0.3) is 11.8 Å². The maximum Gasteiger partial charge on any atom is 0.262 e. The van der Waals surface area contributed by atoms with Crippen molar-refractivity contribution in [2.45, 2.75) is 36.9 Å². The highest BCUT2D eigenvalue weighted by molar-refractivity contribution is 6.23. The first-order valence-corrected chi connectivity index (χ1v) is 10.3. The molecule has 2 atom stereocenters. The fraction of sp³-hybridized carbons (Fsp3) is 0.381. The van der Waals surface area contributed by atoms with E-state index >= 15 is 0 Å². The van der Waals surface area contributed by atoms with Crippen LogP contribution in [0.15, 0.2) is 30.6 Å². The second-order valence-electron chi connectivity index (χ2n) is 8.59. The van der Waals surface area contributed by atoms with Crippen LogP contribution in [0.1, 0.15) is 51.8 Å². The van der Waals surface area contributed by atoms with Crippen molar-refractivity contribution >= 4 is 29.3 Å². The first kappa shape index (κ1) is 18.3. The summed E-state index contributed by atoms with van der Waals surface area (Å²) in [5.41, 5.74) is 1.29. The molecule has 2 saturated heterocycles. The van der Waals surface area contributed by atoms with E-state index in [2.05, 4.69) is 25.5 Å². The zero-order chi connectivity index (χ0) is 21.3. The van der Waals surface area contributed by atoms with Gasteiger partial charge in [0.1, 0.15) is 11.9 Å². The van der Waals surface area contributed by atoms with E-state index in [0.717, 1.165) is 30.2 Å². The second-order valence-corrected chi connectivity index (χ2v) is 8.59. The summed E-state index contributed by atoms with van der Waals surface area (Å²) in [5, 5.41) is 9.00. The van der Waals surface area contributed by atoms with Gasteiger partial charge in [-0.1, -0.05) is 0 Å². The molecule has 6 rings (SSSR count). The number of carbonyl (C=O) groups excluding carboxylic acids is 4. The van der Waals surface area contributed by atoms with Crippen molar-refractivity contribution in [1.29, 1.82) is 0 Å². The Hall–Kier alpha value is -3.53. The van der Waals surface area contributed by atoms with Gasteiger partial charge in [-0.25, -0.2) is 4.98 Å². The highest BCUT2D eigenvalue weighted by atomic mass is 16.2. The molecule has 158 valence electrons. The smallest absolute Gasteiger partial charge is 0.262 e. The molecule has 2 fully saturated rings. The average molecular weight is 420 g/mol. The summed E-state index contributed by atoms with van der Waals surface area (Å²) in [6.07, 6.45) is 4.92. The lowest BCUT2D eigenvalue weighted by Gasteiger charge is -2.41. The molecular weight excluding hydrogens is 400 g/mol. The van der Waals surface area contributed by atoms with Gasteiger partial charge in [-0.3, -0.25) is 29.4 Å². The van der Waals surface area contributed by atoms with Gasteiger partial charge in [0, 0.05) is 44.0 Å². The number of nitrogens with one attached hydrogen (secondary N) is 3. The number of carbonyl (C=O) groups is 4. The van der Waals surface area contributed by atoms with E-state index in [1.165, 1.54) is 0 Å². The van der Waals surface area contributed by atoms with Crippen LogP contribution in [0.25, 0.3) is 0 Å². The summed E-state index contributed by atoms with van der Waals surface area (Å²) in [6.45, 7) is 1.79. The molecule has 31 heavy (non-hydrogen) atoms. The Morgan fingerprint density at radius 1 is 1.10 bits per heavy atom. The molecule has 5 heterocycles. The molecule has 0 aliphatic carbocycles. The number of hydrogen-bond acceptors (Lipinski definition) is 7. The minimum absolute atomic E-state index is 0.00593. The molecule has 10 nitrogen and oxygen atoms in total. The van der Waals surface area contributed by atoms with Crippen LogP contribution in [0.2, 0.25) is 0 Å². The van der Waals surface area contributed by atoms with E-state index in [1.807, 2.05) is 6.20 Å². The SMILES string of the molecule is O=C1CCC(N2C(=O)c3ccc(NC4CC5(CNC5)n5ccnc54)cc3C2=O)C(=O)N1. The van der Waals surface area contributed by atoms with Crippen molar-refractivity contribution in [2.75, 3.05) is 18.4 Å². The third-order valence-electron chi connectivity index (χ3n) is 6.76. The van der Waals surface area contributed by atoms with E-state index in [4.69, 9.17) is 0 Å². The fourth-order valence-electron chi connectivity index (χ4n) is 5.15. The molecule has 2 unspecified atom stereocenters. The van der Waals surface area contributed by atoms with Crippen molar-refractivity contribution < 1.29 is 19.2 Å². The number of amides is 4. The van der Waals surface area contributed by atoms with Crippen LogP contribution < -0.4 is 16.0 Å². The lowest BCUT2D eigenvalue weighted by molar-refractivity contribution is -0.136. The zero-order valence-corrected chi connectivity index (χ0v) is 16.6. The molecular formula is C21H20N6O4. The lowest BCUT2D eigenvalue weighted by Crippen LogP contribution is -2.58. The van der Waals surface area contributed by atoms with Crippen molar-refractivity contribution in [1.82, 2.24) is 25.1 Å². The van der Waals surface area contributed by atoms with Crippen LogP contribution in [0, 0.1) is 0 Å². The third kappa shape index (κ3) is 2.51. The first-order valence-electron chi connectivity index (χ1n) is 10.3. The van der Waals surface area contributed by atoms with Crippen molar-refractivity contribution in [3.05, 3.63) is 47.5 Å². The standard InChI is InChI=1S/C21H20N6O4/c28-16-4-3-15(18(29)25-16)27-19(30)12-2-1-11(7-13(12)20(27)31)24-14-8-21(9-22-10-21)26-6-5-23-17(14)26/h1-2,5-7,14-15,22,24H,3-4,8-10H2,(H,25,28,29). The summed E-state index contributed by atoms with van der Waals surface area (Å²) in [5.74, 6) is -1.06. The Kier molecular flexibility index (Phi) is 3.67. The van der Waals surface area contributed by atoms with E-state index in [0.29, 0.717) is 5.69 Å². The minimum atomic E-state index is -0.963. The number of piperidine rings is 1. The number of aromatic nitrogens is 2. The zero-order valence-electron chi connectivity index (χ0n) is 16.6. The molecule has 10 heteroatoms. The van der Waals surface area contributed by atoms with Crippen LogP contribution in [0.3, 0.4) is 0 Å². The van der Waals surface area contributed by atoms with Gasteiger partial charge in [-0.2, -0.15) is 0 Å². The van der Waals surface area contributed by atoms with E-state index in [9.17, 15) is 19.2 Å². The topological polar surface area (TPSA) is 125 Å². The van der Waals surface area contributed by atoms with Crippen LogP contribution in [-0.2, 0) is 15.1 Å². The predicted molar refractivity (Wildman–Crippen MR) is 107 cm³/mol. The molecule has 0 radical (unpaired) electrons. The highest BCUT2D eigenvalue weighted by Crippen LogP contribution is 2.42. The lowest BCUT2D eigenvalue weighted by atomic mass is 9.88. The fourth-order valence-corrected chi connectivity index (χ4v) is 5.15. The second kappa shape index (κ2) is 6.24. The van der Waals surface area contributed by atoms with E-state index in [-0.39, 0.29) is 35.5 Å². The van der Waals surface area contributed by atoms with Gasteiger partial charge in [0.2, 0.25) is 11.8 Å². The monoisotopic (exact) mass is 420 g/mol. The summed E-state index contributed by atoms with van der Waals surface area (Å²) in [6, 6.07) is 4.09. The van der Waals surface area contributed by atoms with Gasteiger partial charge in [-0.15, -0.1) is 0 Å². The van der Waals surface area contributed by atoms with Gasteiger partial charge < -0.3 is 15.2 Å². The average Bonchev–Trinajstić information content (AvgIpc) is 3.37. The van der Waals surface area contributed by atoms with Gasteiger partial charge in [-0.05, 0) is 24.6 Å². The first-order chi connectivity index (χ1) is 15.0. The number of anilines is 1. The molecule has 3 N–H and O–H groups in total. The molecule has 1 spiro atoms. The van der Waals surface area contributed by atoms with Crippen LogP contribution in [0.4, 0.5) is 5.69 Å². The quantitative estimate of drug-likeness (QED) is 0.603. The molecule has 2 aromatic rings. The number of imide groups is 2. The molecule has 0 saturated carbocycles. The molecule has 4 aliphatic heterocycles. The highest BCUT2D eigenvalue weighted by Gasteiger charge is 2.49. The summed E-state index contributed by atoms with van der Waals surface area (Å²) >= 11 is 0. The maximum absolute atomic E-state index is 13.0. The van der Waals surface area contributed by atoms with E-state index < -0.39 is 29.7 Å². The van der Waals surface area contributed by atoms with Crippen LogP contribution in [-0.4, -0.2) is 57.2 Å². The Balaban J connectivity index is 1.26. The predicted octanol–water partition coefficient (Wildman–Crippen LogP) is 0.140. The maximum atomic E-state index is 13.0. The number of nitrogens with zero attached hydrogens (tertiary/aromatic N) is 3. The van der Waals surface area contributed by atoms with Crippen molar-refractivity contribution in [3.8, 4) is 0 Å². The van der Waals surface area contributed by atoms with Crippen LogP contribution >= 0.6 is 0 Å². The molecule has 4 aliphatic rings. The molecule has 4 amide bonds.